The lowest BCUT2D eigenvalue weighted by atomic mass is 10.2. The van der Waals surface area contributed by atoms with Gasteiger partial charge in [0.15, 0.2) is 0 Å². The zero-order valence-corrected chi connectivity index (χ0v) is 11.5. The molecule has 2 rings (SSSR count). The van der Waals surface area contributed by atoms with Crippen LogP contribution in [0.25, 0.3) is 0 Å². The van der Waals surface area contributed by atoms with Crippen molar-refractivity contribution < 1.29 is 4.74 Å². The molecule has 0 saturated heterocycles. The fraction of sp³-hybridized carbons (Fsp3) is 0.154. The fourth-order valence-corrected chi connectivity index (χ4v) is 1.62. The van der Waals surface area contributed by atoms with Crippen LogP contribution in [0, 0.1) is 0 Å². The summed E-state index contributed by atoms with van der Waals surface area (Å²) < 4.78 is 5.39. The van der Waals surface area contributed by atoms with Crippen LogP contribution in [0.15, 0.2) is 40.4 Å². The summed E-state index contributed by atoms with van der Waals surface area (Å²) in [6.07, 6.45) is 2.98. The highest BCUT2D eigenvalue weighted by molar-refractivity contribution is 6.32. The number of rotatable bonds is 5. The Kier molecular flexibility index (Phi) is 4.73. The first-order valence-electron chi connectivity index (χ1n) is 5.96. The van der Waals surface area contributed by atoms with Crippen molar-refractivity contribution >= 4 is 23.5 Å². The second kappa shape index (κ2) is 6.72. The number of nitrogens with one attached hydrogen (secondary N) is 2. The monoisotopic (exact) mass is 292 g/mol. The highest BCUT2D eigenvalue weighted by Crippen LogP contribution is 2.14. The Bertz CT molecular complexity index is 669. The molecule has 1 heterocycles. The van der Waals surface area contributed by atoms with E-state index in [2.05, 4.69) is 20.7 Å². The SMILES string of the molecule is CCOc1cccc(/C=N/Nc2cn[nH]c(=O)c2Cl)c1. The van der Waals surface area contributed by atoms with Gasteiger partial charge in [0.2, 0.25) is 0 Å². The van der Waals surface area contributed by atoms with Gasteiger partial charge in [-0.25, -0.2) is 5.10 Å². The van der Waals surface area contributed by atoms with E-state index in [4.69, 9.17) is 16.3 Å². The van der Waals surface area contributed by atoms with Crippen LogP contribution in [-0.4, -0.2) is 23.0 Å². The fourth-order valence-electron chi connectivity index (χ4n) is 1.49. The van der Waals surface area contributed by atoms with Gasteiger partial charge < -0.3 is 4.74 Å². The predicted octanol–water partition coefficient (Wildman–Crippen LogP) is 2.27. The van der Waals surface area contributed by atoms with Crippen LogP contribution < -0.4 is 15.7 Å². The third kappa shape index (κ3) is 3.58. The van der Waals surface area contributed by atoms with Crippen LogP contribution in [0.5, 0.6) is 5.75 Å². The molecule has 7 heteroatoms. The minimum Gasteiger partial charge on any atom is -0.494 e. The lowest BCUT2D eigenvalue weighted by Crippen LogP contribution is -2.10. The molecule has 0 amide bonds. The van der Waals surface area contributed by atoms with Gasteiger partial charge in [0.05, 0.1) is 19.0 Å². The topological polar surface area (TPSA) is 79.4 Å². The standard InChI is InChI=1S/C13H13ClN4O2/c1-2-20-10-5-3-4-9(6-10)7-15-17-11-8-16-18-13(19)12(11)14/h3-8H,2H2,1H3,(H2,17,18,19)/b15-7+. The first-order valence-corrected chi connectivity index (χ1v) is 6.33. The average molecular weight is 293 g/mol. The molecule has 0 saturated carbocycles. The maximum atomic E-state index is 11.2. The first kappa shape index (κ1) is 14.1. The number of halogens is 1. The summed E-state index contributed by atoms with van der Waals surface area (Å²) in [4.78, 5) is 11.2. The summed E-state index contributed by atoms with van der Waals surface area (Å²) in [6.45, 7) is 2.52. The van der Waals surface area contributed by atoms with Crippen molar-refractivity contribution in [2.24, 2.45) is 5.10 Å². The summed E-state index contributed by atoms with van der Waals surface area (Å²) in [5.41, 5.74) is 3.40. The molecule has 0 bridgehead atoms. The lowest BCUT2D eigenvalue weighted by Gasteiger charge is -2.03. The maximum absolute atomic E-state index is 11.2. The van der Waals surface area contributed by atoms with Gasteiger partial charge >= 0.3 is 0 Å². The number of ether oxygens (including phenoxy) is 1. The molecule has 20 heavy (non-hydrogen) atoms. The molecule has 2 N–H and O–H groups in total. The van der Waals surface area contributed by atoms with Gasteiger partial charge in [0.25, 0.3) is 5.56 Å². The average Bonchev–Trinajstić information content (AvgIpc) is 2.44. The van der Waals surface area contributed by atoms with Crippen molar-refractivity contribution in [1.82, 2.24) is 10.2 Å². The second-order valence-electron chi connectivity index (χ2n) is 3.80. The lowest BCUT2D eigenvalue weighted by molar-refractivity contribution is 0.340. The first-order chi connectivity index (χ1) is 9.70. The van der Waals surface area contributed by atoms with Crippen molar-refractivity contribution in [2.75, 3.05) is 12.0 Å². The van der Waals surface area contributed by atoms with Gasteiger partial charge in [-0.3, -0.25) is 10.2 Å². The van der Waals surface area contributed by atoms with Crippen LogP contribution in [0.3, 0.4) is 0 Å². The largest absolute Gasteiger partial charge is 0.494 e. The van der Waals surface area contributed by atoms with E-state index in [0.29, 0.717) is 12.3 Å². The van der Waals surface area contributed by atoms with E-state index >= 15 is 0 Å². The molecule has 0 aliphatic heterocycles. The van der Waals surface area contributed by atoms with Gasteiger partial charge in [-0.2, -0.15) is 10.2 Å². The minimum absolute atomic E-state index is 0.0141. The Labute approximate surface area is 120 Å². The molecule has 1 aromatic carbocycles. The van der Waals surface area contributed by atoms with Crippen molar-refractivity contribution in [2.45, 2.75) is 6.92 Å². The number of hydrogen-bond acceptors (Lipinski definition) is 5. The predicted molar refractivity (Wildman–Crippen MR) is 78.7 cm³/mol. The molecule has 1 aromatic heterocycles. The molecule has 104 valence electrons. The zero-order chi connectivity index (χ0) is 14.4. The van der Waals surface area contributed by atoms with E-state index in [0.717, 1.165) is 11.3 Å². The molecule has 0 atom stereocenters. The van der Waals surface area contributed by atoms with E-state index in [1.54, 1.807) is 6.21 Å². The Morgan fingerprint density at radius 2 is 2.40 bits per heavy atom. The highest BCUT2D eigenvalue weighted by Gasteiger charge is 2.02. The normalized spacial score (nSPS) is 10.7. The van der Waals surface area contributed by atoms with E-state index in [1.807, 2.05) is 31.2 Å². The molecule has 0 aliphatic carbocycles. The van der Waals surface area contributed by atoms with Gasteiger partial charge in [-0.05, 0) is 24.6 Å². The van der Waals surface area contributed by atoms with Gasteiger partial charge in [0, 0.05) is 0 Å². The van der Waals surface area contributed by atoms with Gasteiger partial charge in [0.1, 0.15) is 16.5 Å². The minimum atomic E-state index is -0.467. The van der Waals surface area contributed by atoms with Crippen molar-refractivity contribution in [3.8, 4) is 5.75 Å². The van der Waals surface area contributed by atoms with Crippen molar-refractivity contribution in [3.05, 3.63) is 51.4 Å². The number of H-pyrrole nitrogens is 1. The summed E-state index contributed by atoms with van der Waals surface area (Å²) in [5, 5.41) is 9.88. The molecule has 0 spiro atoms. The summed E-state index contributed by atoms with van der Waals surface area (Å²) >= 11 is 5.80. The van der Waals surface area contributed by atoms with E-state index < -0.39 is 5.56 Å². The molecule has 0 radical (unpaired) electrons. The second-order valence-corrected chi connectivity index (χ2v) is 4.18. The van der Waals surface area contributed by atoms with Gasteiger partial charge in [-0.1, -0.05) is 23.7 Å². The molecule has 0 aliphatic rings. The molecular weight excluding hydrogens is 280 g/mol. The highest BCUT2D eigenvalue weighted by atomic mass is 35.5. The van der Waals surface area contributed by atoms with Crippen LogP contribution >= 0.6 is 11.6 Å². The number of hydrogen-bond donors (Lipinski definition) is 2. The Morgan fingerprint density at radius 3 is 3.20 bits per heavy atom. The number of nitrogens with zero attached hydrogens (tertiary/aromatic N) is 2. The Balaban J connectivity index is 2.08. The number of hydrazone groups is 1. The van der Waals surface area contributed by atoms with Crippen LogP contribution in [0.2, 0.25) is 5.02 Å². The molecule has 0 fully saturated rings. The number of anilines is 1. The van der Waals surface area contributed by atoms with Crippen LogP contribution in [0.1, 0.15) is 12.5 Å². The number of aromatic amines is 1. The van der Waals surface area contributed by atoms with Crippen LogP contribution in [0.4, 0.5) is 5.69 Å². The Morgan fingerprint density at radius 1 is 1.55 bits per heavy atom. The van der Waals surface area contributed by atoms with Gasteiger partial charge in [-0.15, -0.1) is 0 Å². The van der Waals surface area contributed by atoms with Crippen molar-refractivity contribution in [1.29, 1.82) is 0 Å². The summed E-state index contributed by atoms with van der Waals surface area (Å²) in [6, 6.07) is 7.47. The van der Waals surface area contributed by atoms with Crippen LogP contribution in [-0.2, 0) is 0 Å². The van der Waals surface area contributed by atoms with E-state index in [-0.39, 0.29) is 5.02 Å². The zero-order valence-electron chi connectivity index (χ0n) is 10.8. The van der Waals surface area contributed by atoms with E-state index in [9.17, 15) is 4.79 Å². The number of aromatic nitrogens is 2. The Hall–Kier alpha value is -2.34. The third-order valence-corrected chi connectivity index (χ3v) is 2.74. The van der Waals surface area contributed by atoms with E-state index in [1.165, 1.54) is 6.20 Å². The molecule has 0 unspecified atom stereocenters. The maximum Gasteiger partial charge on any atom is 0.285 e. The summed E-state index contributed by atoms with van der Waals surface area (Å²) in [5.74, 6) is 0.771. The number of benzene rings is 1. The molecule has 2 aromatic rings. The summed E-state index contributed by atoms with van der Waals surface area (Å²) in [7, 11) is 0. The molecule has 6 nitrogen and oxygen atoms in total. The quantitative estimate of drug-likeness (QED) is 0.654. The van der Waals surface area contributed by atoms with Crippen molar-refractivity contribution in [3.63, 3.8) is 0 Å². The molecular formula is C13H13ClN4O2. The third-order valence-electron chi connectivity index (χ3n) is 2.36. The smallest absolute Gasteiger partial charge is 0.285 e.